The van der Waals surface area contributed by atoms with E-state index in [0.29, 0.717) is 11.8 Å². The summed E-state index contributed by atoms with van der Waals surface area (Å²) in [5, 5.41) is 13.0. The normalized spacial score (nSPS) is 19.3. The molecule has 3 rings (SSSR count). The Labute approximate surface area is 124 Å². The second-order valence-corrected chi connectivity index (χ2v) is 5.56. The van der Waals surface area contributed by atoms with Gasteiger partial charge in [0.1, 0.15) is 0 Å². The van der Waals surface area contributed by atoms with Crippen molar-refractivity contribution in [3.05, 3.63) is 47.1 Å². The molecule has 0 aliphatic carbocycles. The van der Waals surface area contributed by atoms with Gasteiger partial charge in [0.15, 0.2) is 5.82 Å². The molecule has 0 N–H and O–H groups in total. The van der Waals surface area contributed by atoms with Crippen LogP contribution in [0, 0.1) is 18.3 Å². The van der Waals surface area contributed by atoms with Crippen molar-refractivity contribution < 1.29 is 4.52 Å². The largest absolute Gasteiger partial charge is 0.340 e. The number of aromatic nitrogens is 2. The lowest BCUT2D eigenvalue weighted by atomic mass is 9.97. The van der Waals surface area contributed by atoms with E-state index in [9.17, 15) is 0 Å². The van der Waals surface area contributed by atoms with Crippen molar-refractivity contribution in [2.75, 3.05) is 13.1 Å². The zero-order valence-electron chi connectivity index (χ0n) is 12.1. The van der Waals surface area contributed by atoms with Gasteiger partial charge < -0.3 is 4.52 Å². The second-order valence-electron chi connectivity index (χ2n) is 5.56. The van der Waals surface area contributed by atoms with Gasteiger partial charge in [-0.05, 0) is 37.1 Å². The molecule has 1 aliphatic rings. The van der Waals surface area contributed by atoms with Gasteiger partial charge in [0.05, 0.1) is 11.6 Å². The second kappa shape index (κ2) is 6.06. The number of nitriles is 1. The van der Waals surface area contributed by atoms with Gasteiger partial charge >= 0.3 is 0 Å². The molecule has 5 heteroatoms. The van der Waals surface area contributed by atoms with Gasteiger partial charge in [-0.3, -0.25) is 4.90 Å². The first-order chi connectivity index (χ1) is 10.2. The minimum Gasteiger partial charge on any atom is -0.340 e. The summed E-state index contributed by atoms with van der Waals surface area (Å²) in [6, 6.07) is 10.0. The lowest BCUT2D eigenvalue weighted by molar-refractivity contribution is 0.194. The predicted octanol–water partition coefficient (Wildman–Crippen LogP) is 2.63. The quantitative estimate of drug-likeness (QED) is 0.865. The first-order valence-corrected chi connectivity index (χ1v) is 7.26. The van der Waals surface area contributed by atoms with E-state index in [1.807, 2.05) is 25.1 Å². The van der Waals surface area contributed by atoms with E-state index < -0.39 is 0 Å². The summed E-state index contributed by atoms with van der Waals surface area (Å²) in [5.74, 6) is 1.79. The maximum atomic E-state index is 8.97. The highest BCUT2D eigenvalue weighted by Crippen LogP contribution is 2.25. The first kappa shape index (κ1) is 13.8. The Morgan fingerprint density at radius 1 is 1.48 bits per heavy atom. The van der Waals surface area contributed by atoms with Gasteiger partial charge in [0.2, 0.25) is 5.89 Å². The van der Waals surface area contributed by atoms with Gasteiger partial charge in [0, 0.05) is 25.9 Å². The van der Waals surface area contributed by atoms with E-state index in [4.69, 9.17) is 9.78 Å². The third-order valence-electron chi connectivity index (χ3n) is 3.88. The zero-order chi connectivity index (χ0) is 14.7. The fourth-order valence-corrected chi connectivity index (χ4v) is 2.89. The maximum Gasteiger partial charge on any atom is 0.223 e. The minimum atomic E-state index is 0.343. The van der Waals surface area contributed by atoms with Crippen LogP contribution in [0.2, 0.25) is 0 Å². The molecule has 1 fully saturated rings. The average molecular weight is 282 g/mol. The fraction of sp³-hybridized carbons (Fsp3) is 0.438. The molecule has 0 bridgehead atoms. The summed E-state index contributed by atoms with van der Waals surface area (Å²) in [6.45, 7) is 4.70. The molecule has 2 heterocycles. The molecule has 1 aromatic carbocycles. The Morgan fingerprint density at radius 2 is 2.38 bits per heavy atom. The maximum absolute atomic E-state index is 8.97. The molecule has 0 spiro atoms. The van der Waals surface area contributed by atoms with Crippen molar-refractivity contribution in [3.63, 3.8) is 0 Å². The van der Waals surface area contributed by atoms with Gasteiger partial charge in [-0.25, -0.2) is 0 Å². The van der Waals surface area contributed by atoms with Crippen molar-refractivity contribution in [2.45, 2.75) is 32.2 Å². The van der Waals surface area contributed by atoms with Crippen molar-refractivity contribution in [1.29, 1.82) is 5.26 Å². The summed E-state index contributed by atoms with van der Waals surface area (Å²) < 4.78 is 5.09. The number of rotatable bonds is 3. The minimum absolute atomic E-state index is 0.343. The topological polar surface area (TPSA) is 66.0 Å². The fourth-order valence-electron chi connectivity index (χ4n) is 2.89. The van der Waals surface area contributed by atoms with E-state index in [-0.39, 0.29) is 0 Å². The summed E-state index contributed by atoms with van der Waals surface area (Å²) in [5.41, 5.74) is 1.90. The Hall–Kier alpha value is -2.19. The van der Waals surface area contributed by atoms with Crippen LogP contribution in [-0.4, -0.2) is 28.1 Å². The molecule has 5 nitrogen and oxygen atoms in total. The molecule has 2 aromatic rings. The molecule has 21 heavy (non-hydrogen) atoms. The van der Waals surface area contributed by atoms with E-state index >= 15 is 0 Å². The van der Waals surface area contributed by atoms with Crippen molar-refractivity contribution >= 4 is 0 Å². The zero-order valence-corrected chi connectivity index (χ0v) is 12.1. The van der Waals surface area contributed by atoms with Gasteiger partial charge in [0.25, 0.3) is 0 Å². The third kappa shape index (κ3) is 3.29. The monoisotopic (exact) mass is 282 g/mol. The summed E-state index contributed by atoms with van der Waals surface area (Å²) in [7, 11) is 0. The van der Waals surface area contributed by atoms with Gasteiger partial charge in [-0.1, -0.05) is 17.3 Å². The molecule has 1 aliphatic heterocycles. The van der Waals surface area contributed by atoms with Crippen molar-refractivity contribution in [2.24, 2.45) is 0 Å². The molecule has 1 atom stereocenters. The van der Waals surface area contributed by atoms with Crippen LogP contribution in [-0.2, 0) is 6.54 Å². The third-order valence-corrected chi connectivity index (χ3v) is 3.88. The molecule has 1 aromatic heterocycles. The van der Waals surface area contributed by atoms with Crippen molar-refractivity contribution in [3.8, 4) is 6.07 Å². The van der Waals surface area contributed by atoms with Crippen LogP contribution < -0.4 is 0 Å². The number of benzene rings is 1. The molecule has 0 amide bonds. The van der Waals surface area contributed by atoms with Crippen LogP contribution in [0.3, 0.4) is 0 Å². The number of piperidine rings is 1. The highest BCUT2D eigenvalue weighted by atomic mass is 16.5. The molecule has 1 saturated heterocycles. The highest BCUT2D eigenvalue weighted by molar-refractivity contribution is 5.32. The Kier molecular flexibility index (Phi) is 3.98. The smallest absolute Gasteiger partial charge is 0.223 e. The lowest BCUT2D eigenvalue weighted by Gasteiger charge is -2.31. The van der Waals surface area contributed by atoms with Crippen LogP contribution in [0.4, 0.5) is 0 Å². The Morgan fingerprint density at radius 3 is 3.14 bits per heavy atom. The standard InChI is InChI=1S/C16H18N4O/c1-12-18-16(19-21-12)15-6-3-7-20(11-15)10-14-5-2-4-13(8-14)9-17/h2,4-5,8,15H,3,6-7,10-11H2,1H3/t15-/m0/s1. The van der Waals surface area contributed by atoms with Gasteiger partial charge in [-0.2, -0.15) is 10.2 Å². The highest BCUT2D eigenvalue weighted by Gasteiger charge is 2.24. The predicted molar refractivity (Wildman–Crippen MR) is 77.4 cm³/mol. The number of hydrogen-bond acceptors (Lipinski definition) is 5. The average Bonchev–Trinajstić information content (AvgIpc) is 2.94. The van der Waals surface area contributed by atoms with Crippen LogP contribution >= 0.6 is 0 Å². The molecule has 0 saturated carbocycles. The summed E-state index contributed by atoms with van der Waals surface area (Å²) in [4.78, 5) is 6.75. The molecule has 0 radical (unpaired) electrons. The molecule has 108 valence electrons. The van der Waals surface area contributed by atoms with Crippen LogP contribution in [0.1, 0.15) is 41.6 Å². The Bertz CT molecular complexity index is 658. The van der Waals surface area contributed by atoms with E-state index in [0.717, 1.165) is 43.9 Å². The lowest BCUT2D eigenvalue weighted by Crippen LogP contribution is -2.34. The van der Waals surface area contributed by atoms with E-state index in [1.165, 1.54) is 5.56 Å². The van der Waals surface area contributed by atoms with E-state index in [1.54, 1.807) is 0 Å². The number of hydrogen-bond donors (Lipinski definition) is 0. The number of aryl methyl sites for hydroxylation is 1. The molecular formula is C16H18N4O. The summed E-state index contributed by atoms with van der Waals surface area (Å²) in [6.07, 6.45) is 2.24. The SMILES string of the molecule is Cc1nc([C@H]2CCCN(Cc3cccc(C#N)c3)C2)no1. The number of nitrogens with zero attached hydrogens (tertiary/aromatic N) is 4. The molecular weight excluding hydrogens is 264 g/mol. The van der Waals surface area contributed by atoms with Crippen LogP contribution in [0.5, 0.6) is 0 Å². The molecule has 0 unspecified atom stereocenters. The van der Waals surface area contributed by atoms with Crippen LogP contribution in [0.15, 0.2) is 28.8 Å². The Balaban J connectivity index is 1.67. The van der Waals surface area contributed by atoms with E-state index in [2.05, 4.69) is 27.2 Å². The summed E-state index contributed by atoms with van der Waals surface area (Å²) >= 11 is 0. The van der Waals surface area contributed by atoms with Crippen molar-refractivity contribution in [1.82, 2.24) is 15.0 Å². The number of likely N-dealkylation sites (tertiary alicyclic amines) is 1. The van der Waals surface area contributed by atoms with Crippen LogP contribution in [0.25, 0.3) is 0 Å². The van der Waals surface area contributed by atoms with Gasteiger partial charge in [-0.15, -0.1) is 0 Å². The first-order valence-electron chi connectivity index (χ1n) is 7.26.